The first-order valence-electron chi connectivity index (χ1n) is 9.02. The van der Waals surface area contributed by atoms with E-state index >= 15 is 0 Å². The molecule has 1 amide bonds. The molecule has 1 atom stereocenters. The fraction of sp³-hybridized carbons (Fsp3) is 0.444. The first-order valence-corrected chi connectivity index (χ1v) is 9.77. The number of hydrogen-bond donors (Lipinski definition) is 3. The zero-order valence-electron chi connectivity index (χ0n) is 16.2. The van der Waals surface area contributed by atoms with Crippen LogP contribution in [0.5, 0.6) is 0 Å². The summed E-state index contributed by atoms with van der Waals surface area (Å²) in [7, 11) is -1.37. The van der Waals surface area contributed by atoms with Crippen LogP contribution in [0.25, 0.3) is 0 Å². The average Bonchev–Trinajstić information content (AvgIpc) is 2.90. The molecule has 12 heteroatoms. The summed E-state index contributed by atoms with van der Waals surface area (Å²) in [6, 6.07) is 4.33. The van der Waals surface area contributed by atoms with Crippen molar-refractivity contribution in [1.82, 2.24) is 5.32 Å². The highest BCUT2D eigenvalue weighted by atomic mass is 35.5. The van der Waals surface area contributed by atoms with Crippen LogP contribution < -0.4 is 5.32 Å². The molecule has 1 fully saturated rings. The van der Waals surface area contributed by atoms with Crippen molar-refractivity contribution >= 4 is 54.1 Å². The number of carboxylic acids is 2. The Hall–Kier alpha value is -2.30. The Balaban J connectivity index is 2.29. The van der Waals surface area contributed by atoms with Crippen LogP contribution in [0.15, 0.2) is 18.2 Å². The second kappa shape index (κ2) is 9.68. The number of nitrogens with one attached hydrogen (secondary N) is 1. The molecule has 2 rings (SSSR count). The first-order chi connectivity index (χ1) is 13.9. The fourth-order valence-corrected chi connectivity index (χ4v) is 3.49. The number of hydrogen-bond acceptors (Lipinski definition) is 6. The summed E-state index contributed by atoms with van der Waals surface area (Å²) in [5.41, 5.74) is -2.10. The minimum absolute atomic E-state index is 0.0152. The lowest BCUT2D eigenvalue weighted by Crippen LogP contribution is -2.49. The smallest absolute Gasteiger partial charge is 0.506 e. The zero-order valence-corrected chi connectivity index (χ0v) is 17.7. The molecule has 1 saturated heterocycles. The van der Waals surface area contributed by atoms with Crippen molar-refractivity contribution in [2.45, 2.75) is 44.7 Å². The van der Waals surface area contributed by atoms with E-state index in [4.69, 9.17) is 42.7 Å². The van der Waals surface area contributed by atoms with Crippen LogP contribution in [-0.4, -0.2) is 52.7 Å². The molecule has 30 heavy (non-hydrogen) atoms. The van der Waals surface area contributed by atoms with Gasteiger partial charge in [-0.1, -0.05) is 37.0 Å². The van der Waals surface area contributed by atoms with Crippen molar-refractivity contribution in [3.8, 4) is 0 Å². The lowest BCUT2D eigenvalue weighted by atomic mass is 9.73. The van der Waals surface area contributed by atoms with Gasteiger partial charge in [0.25, 0.3) is 5.91 Å². The Morgan fingerprint density at radius 1 is 1.17 bits per heavy atom. The fourth-order valence-electron chi connectivity index (χ4n) is 3.11. The Labute approximate surface area is 182 Å². The molecule has 0 radical (unpaired) electrons. The van der Waals surface area contributed by atoms with Crippen LogP contribution in [0.1, 0.15) is 43.5 Å². The maximum Gasteiger partial charge on any atom is 0.552 e. The summed E-state index contributed by atoms with van der Waals surface area (Å²) >= 11 is 12.0. The van der Waals surface area contributed by atoms with Crippen LogP contribution >= 0.6 is 23.2 Å². The van der Waals surface area contributed by atoms with Crippen LogP contribution in [0, 0.1) is 5.92 Å². The maximum atomic E-state index is 12.7. The Morgan fingerprint density at radius 3 is 2.30 bits per heavy atom. The predicted molar refractivity (Wildman–Crippen MR) is 107 cm³/mol. The first kappa shape index (κ1) is 24.0. The van der Waals surface area contributed by atoms with E-state index < -0.39 is 55.3 Å². The van der Waals surface area contributed by atoms with Gasteiger partial charge in [0.2, 0.25) is 0 Å². The Kier molecular flexibility index (Phi) is 7.73. The summed E-state index contributed by atoms with van der Waals surface area (Å²) in [6.07, 6.45) is -1.49. The van der Waals surface area contributed by atoms with E-state index in [0.717, 1.165) is 0 Å². The molecule has 1 aromatic rings. The monoisotopic (exact) mass is 459 g/mol. The number of carboxylic acid groups (broad SMARTS) is 2. The predicted octanol–water partition coefficient (Wildman–Crippen LogP) is 2.43. The van der Waals surface area contributed by atoms with Crippen LogP contribution in [0.4, 0.5) is 0 Å². The Bertz CT molecular complexity index is 847. The van der Waals surface area contributed by atoms with Gasteiger partial charge < -0.3 is 24.8 Å². The number of aliphatic carboxylic acids is 2. The minimum atomic E-state index is -2.18. The molecule has 0 aliphatic carbocycles. The van der Waals surface area contributed by atoms with Crippen LogP contribution in [0.3, 0.4) is 0 Å². The molecule has 0 unspecified atom stereocenters. The van der Waals surface area contributed by atoms with E-state index in [1.165, 1.54) is 18.2 Å². The van der Waals surface area contributed by atoms with E-state index in [2.05, 4.69) is 5.32 Å². The molecule has 9 nitrogen and oxygen atoms in total. The number of carbonyl (C=O) groups is 4. The summed E-state index contributed by atoms with van der Waals surface area (Å²) in [4.78, 5) is 47.5. The molecule has 1 aliphatic heterocycles. The van der Waals surface area contributed by atoms with Crippen molar-refractivity contribution in [1.29, 1.82) is 0 Å². The van der Waals surface area contributed by atoms with E-state index in [0.29, 0.717) is 0 Å². The number of halogens is 2. The van der Waals surface area contributed by atoms with Gasteiger partial charge in [-0.05, 0) is 30.5 Å². The van der Waals surface area contributed by atoms with Gasteiger partial charge in [-0.25, -0.2) is 0 Å². The molecule has 162 valence electrons. The number of amides is 1. The lowest BCUT2D eigenvalue weighted by Gasteiger charge is -2.24. The molecule has 1 aromatic carbocycles. The van der Waals surface area contributed by atoms with Gasteiger partial charge in [-0.15, -0.1) is 0 Å². The Morgan fingerprint density at radius 2 is 1.77 bits per heavy atom. The molecular formula is C18H20BCl2NO8. The van der Waals surface area contributed by atoms with Gasteiger partial charge in [-0.3, -0.25) is 19.2 Å². The molecule has 3 N–H and O–H groups in total. The van der Waals surface area contributed by atoms with Gasteiger partial charge in [0.1, 0.15) is 0 Å². The second-order valence-corrected chi connectivity index (χ2v) is 8.20. The molecule has 0 spiro atoms. The molecule has 0 bridgehead atoms. The van der Waals surface area contributed by atoms with Gasteiger partial charge in [0, 0.05) is 5.02 Å². The molecule has 0 aromatic heterocycles. The summed E-state index contributed by atoms with van der Waals surface area (Å²) < 4.78 is 10.7. The third-order valence-electron chi connectivity index (χ3n) is 4.35. The van der Waals surface area contributed by atoms with Gasteiger partial charge in [-0.2, -0.15) is 0 Å². The van der Waals surface area contributed by atoms with E-state index in [1.54, 1.807) is 0 Å². The maximum absolute atomic E-state index is 12.7. The second-order valence-electron chi connectivity index (χ2n) is 7.36. The molecular weight excluding hydrogens is 440 g/mol. The zero-order chi connectivity index (χ0) is 22.6. The highest BCUT2D eigenvalue weighted by molar-refractivity contribution is 6.52. The quantitative estimate of drug-likeness (QED) is 0.478. The highest BCUT2D eigenvalue weighted by Crippen LogP contribution is 2.32. The third kappa shape index (κ3) is 5.87. The molecule has 1 aliphatic rings. The van der Waals surface area contributed by atoms with Gasteiger partial charge in [0.05, 0.1) is 29.4 Å². The van der Waals surface area contributed by atoms with Gasteiger partial charge >= 0.3 is 25.0 Å². The standard InChI is InChI=1S/C18H20BCl2NO8/c1-9(2)5-13(22-16(27)11-6-10(20)3-4-12(11)21)19-29-17(28)18(30-19,7-14(23)24)8-15(25)26/h3-4,6,9,13H,5,7-8H2,1-2H3,(H,22,27)(H,23,24)(H,25,26)/t13-/m0/s1. The summed E-state index contributed by atoms with van der Waals surface area (Å²) in [5, 5.41) is 21.3. The van der Waals surface area contributed by atoms with Crippen molar-refractivity contribution < 1.29 is 38.7 Å². The normalized spacial score (nSPS) is 16.3. The summed E-state index contributed by atoms with van der Waals surface area (Å²) in [5.74, 6) is -5.45. The minimum Gasteiger partial charge on any atom is -0.506 e. The lowest BCUT2D eigenvalue weighted by molar-refractivity contribution is -0.157. The number of carbonyl (C=O) groups excluding carboxylic acids is 2. The van der Waals surface area contributed by atoms with E-state index in [9.17, 15) is 19.2 Å². The number of benzene rings is 1. The SMILES string of the molecule is CC(C)C[C@H](NC(=O)c1cc(Cl)ccc1Cl)B1OC(=O)C(CC(=O)O)(CC(=O)O)O1. The van der Waals surface area contributed by atoms with Gasteiger partial charge in [0.15, 0.2) is 5.60 Å². The van der Waals surface area contributed by atoms with E-state index in [1.807, 2.05) is 13.8 Å². The highest BCUT2D eigenvalue weighted by Gasteiger charge is 2.57. The van der Waals surface area contributed by atoms with Crippen molar-refractivity contribution in [2.24, 2.45) is 5.92 Å². The third-order valence-corrected chi connectivity index (χ3v) is 4.92. The van der Waals surface area contributed by atoms with E-state index in [-0.39, 0.29) is 27.9 Å². The molecule has 1 heterocycles. The van der Waals surface area contributed by atoms with Crippen LogP contribution in [-0.2, 0) is 23.7 Å². The van der Waals surface area contributed by atoms with Crippen molar-refractivity contribution in [3.05, 3.63) is 33.8 Å². The summed E-state index contributed by atoms with van der Waals surface area (Å²) in [6.45, 7) is 3.70. The van der Waals surface area contributed by atoms with Crippen molar-refractivity contribution in [3.63, 3.8) is 0 Å². The topological polar surface area (TPSA) is 139 Å². The van der Waals surface area contributed by atoms with Crippen LogP contribution in [0.2, 0.25) is 10.0 Å². The average molecular weight is 460 g/mol. The van der Waals surface area contributed by atoms with Crippen molar-refractivity contribution in [2.75, 3.05) is 0 Å². The largest absolute Gasteiger partial charge is 0.552 e. The molecule has 0 saturated carbocycles. The number of rotatable bonds is 9.